The number of hydrogen-bond donors (Lipinski definition) is 1. The number of thioether (sulfide) groups is 1. The molecule has 0 aliphatic carbocycles. The van der Waals surface area contributed by atoms with Crippen molar-refractivity contribution in [1.29, 1.82) is 0 Å². The second-order valence-corrected chi connectivity index (χ2v) is 9.59. The Hall–Kier alpha value is -3.33. The molecule has 9 heteroatoms. The third kappa shape index (κ3) is 5.59. The van der Waals surface area contributed by atoms with Crippen molar-refractivity contribution in [3.05, 3.63) is 71.2 Å². The predicted octanol–water partition coefficient (Wildman–Crippen LogP) is 4.46. The average Bonchev–Trinajstić information content (AvgIpc) is 3.52. The molecule has 4 aromatic rings. The highest BCUT2D eigenvalue weighted by Gasteiger charge is 2.19. The van der Waals surface area contributed by atoms with Gasteiger partial charge in [0, 0.05) is 24.3 Å². The van der Waals surface area contributed by atoms with Gasteiger partial charge in [0.05, 0.1) is 24.3 Å². The van der Waals surface area contributed by atoms with Crippen molar-refractivity contribution in [2.45, 2.75) is 52.5 Å². The van der Waals surface area contributed by atoms with E-state index in [2.05, 4.69) is 46.6 Å². The van der Waals surface area contributed by atoms with Gasteiger partial charge in [0.15, 0.2) is 16.7 Å². The van der Waals surface area contributed by atoms with Gasteiger partial charge < -0.3 is 9.73 Å². The first-order valence-electron chi connectivity index (χ1n) is 11.4. The fourth-order valence-electron chi connectivity index (χ4n) is 3.78. The zero-order chi connectivity index (χ0) is 24.1. The van der Waals surface area contributed by atoms with Gasteiger partial charge in [-0.05, 0) is 37.5 Å². The summed E-state index contributed by atoms with van der Waals surface area (Å²) in [6.45, 7) is 10.2. The molecule has 0 unspecified atom stereocenters. The summed E-state index contributed by atoms with van der Waals surface area (Å²) in [4.78, 5) is 12.6. The van der Waals surface area contributed by atoms with Crippen LogP contribution < -0.4 is 5.32 Å². The van der Waals surface area contributed by atoms with Gasteiger partial charge in [-0.3, -0.25) is 14.0 Å². The summed E-state index contributed by atoms with van der Waals surface area (Å²) in [6, 6.07) is 13.9. The van der Waals surface area contributed by atoms with E-state index in [-0.39, 0.29) is 11.7 Å². The first-order valence-corrected chi connectivity index (χ1v) is 12.3. The summed E-state index contributed by atoms with van der Waals surface area (Å²) in [6.07, 6.45) is 1.62. The normalized spacial score (nSPS) is 11.3. The molecule has 0 saturated carbocycles. The van der Waals surface area contributed by atoms with Crippen LogP contribution in [0.1, 0.15) is 36.4 Å². The molecular weight excluding hydrogens is 448 g/mol. The number of carbonyl (C=O) groups excluding carboxylic acids is 1. The Kier molecular flexibility index (Phi) is 7.52. The number of benzene rings is 1. The van der Waals surface area contributed by atoms with Gasteiger partial charge in [0.25, 0.3) is 0 Å². The number of hydrogen-bond acceptors (Lipinski definition) is 6. The molecule has 3 heterocycles. The molecule has 0 bridgehead atoms. The topological polar surface area (TPSA) is 90.8 Å². The molecule has 0 fully saturated rings. The zero-order valence-electron chi connectivity index (χ0n) is 20.0. The molecular formula is C25H30N6O2S. The molecule has 178 valence electrons. The second-order valence-electron chi connectivity index (χ2n) is 8.65. The summed E-state index contributed by atoms with van der Waals surface area (Å²) in [5, 5.41) is 17.0. The molecule has 4 rings (SSSR count). The third-order valence-corrected chi connectivity index (χ3v) is 6.47. The molecule has 8 nitrogen and oxygen atoms in total. The molecule has 0 atom stereocenters. The van der Waals surface area contributed by atoms with Crippen molar-refractivity contribution >= 4 is 17.7 Å². The Morgan fingerprint density at radius 2 is 1.91 bits per heavy atom. The van der Waals surface area contributed by atoms with Crippen molar-refractivity contribution in [2.75, 3.05) is 5.75 Å². The first-order chi connectivity index (χ1) is 16.4. The van der Waals surface area contributed by atoms with Gasteiger partial charge in [-0.1, -0.05) is 55.9 Å². The number of nitrogens with zero attached hydrogens (tertiary/aromatic N) is 5. The lowest BCUT2D eigenvalue weighted by molar-refractivity contribution is -0.118. The Balaban J connectivity index is 1.37. The summed E-state index contributed by atoms with van der Waals surface area (Å²) in [5.41, 5.74) is 4.24. The molecule has 0 aliphatic rings. The summed E-state index contributed by atoms with van der Waals surface area (Å²) in [7, 11) is 0. The Bertz CT molecular complexity index is 1230. The van der Waals surface area contributed by atoms with E-state index in [1.807, 2.05) is 53.4 Å². The molecule has 0 saturated heterocycles. The molecule has 1 amide bonds. The van der Waals surface area contributed by atoms with E-state index in [1.165, 1.54) is 17.3 Å². The highest BCUT2D eigenvalue weighted by Crippen LogP contribution is 2.25. The van der Waals surface area contributed by atoms with E-state index in [0.29, 0.717) is 35.7 Å². The number of aromatic nitrogens is 5. The maximum Gasteiger partial charge on any atom is 0.230 e. The van der Waals surface area contributed by atoms with Crippen LogP contribution in [0.4, 0.5) is 0 Å². The smallest absolute Gasteiger partial charge is 0.230 e. The van der Waals surface area contributed by atoms with Gasteiger partial charge in [-0.15, -0.1) is 10.2 Å². The largest absolute Gasteiger partial charge is 0.461 e. The number of aryl methyl sites for hydroxylation is 1. The molecule has 34 heavy (non-hydrogen) atoms. The van der Waals surface area contributed by atoms with E-state index in [4.69, 9.17) is 4.42 Å². The number of nitrogens with one attached hydrogen (secondary N) is 1. The van der Waals surface area contributed by atoms with Crippen LogP contribution in [0, 0.1) is 19.8 Å². The number of furan rings is 1. The first kappa shape index (κ1) is 23.8. The highest BCUT2D eigenvalue weighted by atomic mass is 32.2. The zero-order valence-corrected chi connectivity index (χ0v) is 20.8. The lowest BCUT2D eigenvalue weighted by Gasteiger charge is -2.11. The fourth-order valence-corrected chi connectivity index (χ4v) is 4.56. The van der Waals surface area contributed by atoms with Gasteiger partial charge >= 0.3 is 0 Å². The van der Waals surface area contributed by atoms with Crippen molar-refractivity contribution in [1.82, 2.24) is 29.9 Å². The lowest BCUT2D eigenvalue weighted by Crippen LogP contribution is -2.25. The third-order valence-electron chi connectivity index (χ3n) is 5.51. The van der Waals surface area contributed by atoms with Crippen molar-refractivity contribution in [3.8, 4) is 11.6 Å². The summed E-state index contributed by atoms with van der Waals surface area (Å²) < 4.78 is 9.52. The van der Waals surface area contributed by atoms with Gasteiger partial charge in [-0.2, -0.15) is 5.10 Å². The molecule has 0 spiro atoms. The summed E-state index contributed by atoms with van der Waals surface area (Å²) in [5.74, 6) is 1.95. The minimum absolute atomic E-state index is 0.0572. The van der Waals surface area contributed by atoms with E-state index < -0.39 is 0 Å². The van der Waals surface area contributed by atoms with Crippen LogP contribution in [-0.4, -0.2) is 36.2 Å². The van der Waals surface area contributed by atoms with Crippen LogP contribution in [-0.2, 0) is 24.4 Å². The van der Waals surface area contributed by atoms with E-state index >= 15 is 0 Å². The molecule has 1 aromatic carbocycles. The van der Waals surface area contributed by atoms with E-state index in [9.17, 15) is 4.79 Å². The van der Waals surface area contributed by atoms with Gasteiger partial charge in [0.1, 0.15) is 0 Å². The Morgan fingerprint density at radius 1 is 1.12 bits per heavy atom. The standard InChI is InChI=1S/C25H30N6O2S/c1-17(2)14-30-24(22-11-8-12-33-22)27-28-25(30)34-16-23(32)26-13-21-18(3)29-31(19(21)4)15-20-9-6-5-7-10-20/h5-12,17H,13-16H2,1-4H3,(H,26,32). The van der Waals surface area contributed by atoms with Crippen molar-refractivity contribution in [2.24, 2.45) is 5.92 Å². The quantitative estimate of drug-likeness (QED) is 0.338. The van der Waals surface area contributed by atoms with Crippen molar-refractivity contribution in [3.63, 3.8) is 0 Å². The van der Waals surface area contributed by atoms with Crippen LogP contribution >= 0.6 is 11.8 Å². The maximum atomic E-state index is 12.6. The average molecular weight is 479 g/mol. The molecule has 0 radical (unpaired) electrons. The van der Waals surface area contributed by atoms with Crippen molar-refractivity contribution < 1.29 is 9.21 Å². The predicted molar refractivity (Wildman–Crippen MR) is 132 cm³/mol. The van der Waals surface area contributed by atoms with E-state index in [1.54, 1.807) is 6.26 Å². The second kappa shape index (κ2) is 10.7. The maximum absolute atomic E-state index is 12.6. The lowest BCUT2D eigenvalue weighted by atomic mass is 10.2. The van der Waals surface area contributed by atoms with Crippen LogP contribution in [0.3, 0.4) is 0 Å². The SMILES string of the molecule is Cc1nn(Cc2ccccc2)c(C)c1CNC(=O)CSc1nnc(-c2ccco2)n1CC(C)C. The van der Waals surface area contributed by atoms with Crippen LogP contribution in [0.15, 0.2) is 58.3 Å². The minimum Gasteiger partial charge on any atom is -0.461 e. The van der Waals surface area contributed by atoms with Gasteiger partial charge in [0.2, 0.25) is 5.91 Å². The van der Waals surface area contributed by atoms with Crippen LogP contribution in [0.25, 0.3) is 11.6 Å². The van der Waals surface area contributed by atoms with E-state index in [0.717, 1.165) is 23.5 Å². The Morgan fingerprint density at radius 3 is 2.62 bits per heavy atom. The number of rotatable bonds is 10. The molecule has 3 aromatic heterocycles. The molecule has 1 N–H and O–H groups in total. The number of carbonyl (C=O) groups is 1. The van der Waals surface area contributed by atoms with Crippen LogP contribution in [0.2, 0.25) is 0 Å². The van der Waals surface area contributed by atoms with Crippen LogP contribution in [0.5, 0.6) is 0 Å². The molecule has 0 aliphatic heterocycles. The number of amides is 1. The fraction of sp³-hybridized carbons (Fsp3) is 0.360. The minimum atomic E-state index is -0.0572. The Labute approximate surface area is 203 Å². The monoisotopic (exact) mass is 478 g/mol. The van der Waals surface area contributed by atoms with Gasteiger partial charge in [-0.25, -0.2) is 0 Å². The summed E-state index contributed by atoms with van der Waals surface area (Å²) >= 11 is 1.38. The highest BCUT2D eigenvalue weighted by molar-refractivity contribution is 7.99.